The smallest absolute Gasteiger partial charge is 0.313 e. The van der Waals surface area contributed by atoms with Crippen molar-refractivity contribution < 1.29 is 33.3 Å². The van der Waals surface area contributed by atoms with Crippen LogP contribution in [0.5, 0.6) is 11.5 Å². The second kappa shape index (κ2) is 13.3. The van der Waals surface area contributed by atoms with Gasteiger partial charge in [0.1, 0.15) is 30.2 Å². The zero-order valence-corrected chi connectivity index (χ0v) is 24.9. The van der Waals surface area contributed by atoms with Crippen molar-refractivity contribution in [2.24, 2.45) is 0 Å². The van der Waals surface area contributed by atoms with Gasteiger partial charge in [-0.25, -0.2) is 4.39 Å². The lowest BCUT2D eigenvalue weighted by atomic mass is 9.80. The molecule has 0 saturated heterocycles. The van der Waals surface area contributed by atoms with E-state index in [0.717, 1.165) is 27.8 Å². The predicted octanol–water partition coefficient (Wildman–Crippen LogP) is 7.28. The molecule has 0 aromatic heterocycles. The quantitative estimate of drug-likeness (QED) is 0.139. The summed E-state index contributed by atoms with van der Waals surface area (Å²) in [5.74, 6) is -0.275. The van der Waals surface area contributed by atoms with E-state index in [1.165, 1.54) is 12.1 Å². The Morgan fingerprint density at radius 2 is 1.79 bits per heavy atom. The van der Waals surface area contributed by atoms with Crippen LogP contribution in [0.25, 0.3) is 11.1 Å². The second-order valence-corrected chi connectivity index (χ2v) is 11.4. The van der Waals surface area contributed by atoms with Gasteiger partial charge in [-0.3, -0.25) is 9.59 Å². The topological polar surface area (TPSA) is 82.1 Å². The maximum absolute atomic E-state index is 13.9. The lowest BCUT2D eigenvalue weighted by Gasteiger charge is -2.25. The summed E-state index contributed by atoms with van der Waals surface area (Å²) >= 11 is 0. The number of Topliss-reactive ketones (excluding diaryl/α,β-unsaturated/α-hetero) is 1. The molecule has 2 atom stereocenters. The van der Waals surface area contributed by atoms with Crippen molar-refractivity contribution in [2.75, 3.05) is 6.61 Å². The van der Waals surface area contributed by atoms with Crippen LogP contribution in [0, 0.1) is 5.82 Å². The van der Waals surface area contributed by atoms with Crippen molar-refractivity contribution >= 4 is 11.8 Å². The molecule has 0 amide bonds. The number of ketones is 1. The van der Waals surface area contributed by atoms with Crippen molar-refractivity contribution in [2.45, 2.75) is 77.6 Å². The van der Waals surface area contributed by atoms with E-state index in [1.807, 2.05) is 50.3 Å². The van der Waals surface area contributed by atoms with Gasteiger partial charge in [0.15, 0.2) is 11.5 Å². The highest BCUT2D eigenvalue weighted by Gasteiger charge is 2.44. The minimum Gasteiger partial charge on any atom is -0.484 e. The first-order valence-corrected chi connectivity index (χ1v) is 14.4. The van der Waals surface area contributed by atoms with E-state index < -0.39 is 23.5 Å². The summed E-state index contributed by atoms with van der Waals surface area (Å²) in [6.07, 6.45) is 1.84. The number of benzene rings is 3. The number of aliphatic hydroxyl groups is 1. The Labute approximate surface area is 247 Å². The number of halogens is 1. The zero-order chi connectivity index (χ0) is 30.4. The molecule has 4 rings (SSSR count). The van der Waals surface area contributed by atoms with Crippen molar-refractivity contribution in [1.29, 1.82) is 0 Å². The van der Waals surface area contributed by atoms with Crippen LogP contribution in [-0.2, 0) is 20.9 Å². The SMILES string of the molecule is CCOC(=O)CC(=O)CC(O)C=CC1c2c(C(C)C)cc(-c3ccc(F)cc3)c(OCc3ccccc3)c2OC1(C)C. The Morgan fingerprint density at radius 1 is 1.10 bits per heavy atom. The molecule has 1 aliphatic heterocycles. The summed E-state index contributed by atoms with van der Waals surface area (Å²) in [6.45, 7) is 10.3. The fraction of sp³-hybridized carbons (Fsp3) is 0.371. The number of ether oxygens (including phenoxy) is 3. The summed E-state index contributed by atoms with van der Waals surface area (Å²) in [4.78, 5) is 23.9. The minimum atomic E-state index is -1.07. The summed E-state index contributed by atoms with van der Waals surface area (Å²) < 4.78 is 31.8. The number of carbonyl (C=O) groups is 2. The van der Waals surface area contributed by atoms with E-state index >= 15 is 0 Å². The van der Waals surface area contributed by atoms with Crippen LogP contribution < -0.4 is 9.47 Å². The maximum atomic E-state index is 13.9. The van der Waals surface area contributed by atoms with Gasteiger partial charge in [0, 0.05) is 23.5 Å². The Hall–Kier alpha value is -3.97. The van der Waals surface area contributed by atoms with Crippen LogP contribution in [0.4, 0.5) is 4.39 Å². The number of rotatable bonds is 12. The number of aliphatic hydroxyl groups excluding tert-OH is 1. The van der Waals surface area contributed by atoms with Gasteiger partial charge in [-0.05, 0) is 61.6 Å². The lowest BCUT2D eigenvalue weighted by molar-refractivity contribution is -0.145. The number of hydrogen-bond donors (Lipinski definition) is 1. The van der Waals surface area contributed by atoms with Gasteiger partial charge in [0.2, 0.25) is 0 Å². The third-order valence-corrected chi connectivity index (χ3v) is 7.34. The third-order valence-electron chi connectivity index (χ3n) is 7.34. The molecule has 6 nitrogen and oxygen atoms in total. The number of fused-ring (bicyclic) bond motifs is 1. The van der Waals surface area contributed by atoms with E-state index in [0.29, 0.717) is 18.1 Å². The van der Waals surface area contributed by atoms with E-state index in [1.54, 1.807) is 25.1 Å². The van der Waals surface area contributed by atoms with Crippen LogP contribution in [0.15, 0.2) is 72.8 Å². The van der Waals surface area contributed by atoms with Crippen LogP contribution in [0.1, 0.15) is 76.0 Å². The van der Waals surface area contributed by atoms with Crippen LogP contribution in [-0.4, -0.2) is 35.2 Å². The first kappa shape index (κ1) is 31.0. The van der Waals surface area contributed by atoms with E-state index in [2.05, 4.69) is 19.9 Å². The molecule has 0 saturated carbocycles. The molecule has 1 N–H and O–H groups in total. The summed E-state index contributed by atoms with van der Waals surface area (Å²) in [6, 6.07) is 18.2. The second-order valence-electron chi connectivity index (χ2n) is 11.4. The molecular weight excluding hydrogens is 535 g/mol. The number of esters is 1. The highest BCUT2D eigenvalue weighted by molar-refractivity contribution is 5.95. The Kier molecular flexibility index (Phi) is 9.84. The van der Waals surface area contributed by atoms with Gasteiger partial charge >= 0.3 is 5.97 Å². The van der Waals surface area contributed by atoms with Crippen molar-refractivity contribution in [3.05, 3.63) is 95.3 Å². The summed E-state index contributed by atoms with van der Waals surface area (Å²) in [5.41, 5.74) is 3.89. The standard InChI is InChI=1S/C35H39FO6/c1-6-40-31(39)19-27(38)18-26(37)16-17-30-32-28(22(2)3)20-29(24-12-14-25(36)15-13-24)33(34(32)42-35(30,4)5)41-21-23-10-8-7-9-11-23/h7-17,20,22,26,30,37H,6,18-19,21H2,1-5H3. The van der Waals surface area contributed by atoms with Gasteiger partial charge in [-0.1, -0.05) is 68.5 Å². The normalized spacial score (nSPS) is 16.2. The average Bonchev–Trinajstić information content (AvgIpc) is 3.20. The monoisotopic (exact) mass is 574 g/mol. The van der Waals surface area contributed by atoms with Gasteiger partial charge in [-0.15, -0.1) is 0 Å². The zero-order valence-electron chi connectivity index (χ0n) is 24.9. The van der Waals surface area contributed by atoms with E-state index in [4.69, 9.17) is 14.2 Å². The largest absolute Gasteiger partial charge is 0.484 e. The van der Waals surface area contributed by atoms with Gasteiger partial charge < -0.3 is 19.3 Å². The first-order chi connectivity index (χ1) is 20.0. The maximum Gasteiger partial charge on any atom is 0.313 e. The van der Waals surface area contributed by atoms with Crippen molar-refractivity contribution in [3.8, 4) is 22.6 Å². The molecular formula is C35H39FO6. The van der Waals surface area contributed by atoms with Crippen molar-refractivity contribution in [3.63, 3.8) is 0 Å². The number of hydrogen-bond acceptors (Lipinski definition) is 6. The predicted molar refractivity (Wildman–Crippen MR) is 160 cm³/mol. The fourth-order valence-corrected chi connectivity index (χ4v) is 5.28. The average molecular weight is 575 g/mol. The van der Waals surface area contributed by atoms with E-state index in [9.17, 15) is 19.1 Å². The van der Waals surface area contributed by atoms with Crippen LogP contribution in [0.2, 0.25) is 0 Å². The molecule has 222 valence electrons. The molecule has 2 unspecified atom stereocenters. The first-order valence-electron chi connectivity index (χ1n) is 14.4. The van der Waals surface area contributed by atoms with E-state index in [-0.39, 0.29) is 37.1 Å². The Balaban J connectivity index is 1.74. The molecule has 1 aliphatic rings. The summed E-state index contributed by atoms with van der Waals surface area (Å²) in [5, 5.41) is 10.6. The third kappa shape index (κ3) is 7.26. The molecule has 42 heavy (non-hydrogen) atoms. The van der Waals surface area contributed by atoms with Gasteiger partial charge in [0.05, 0.1) is 12.7 Å². The Bertz CT molecular complexity index is 1430. The fourth-order valence-electron chi connectivity index (χ4n) is 5.28. The molecule has 0 fully saturated rings. The molecule has 7 heteroatoms. The number of carbonyl (C=O) groups excluding carboxylic acids is 2. The van der Waals surface area contributed by atoms with Crippen molar-refractivity contribution in [1.82, 2.24) is 0 Å². The lowest BCUT2D eigenvalue weighted by Crippen LogP contribution is -2.29. The highest BCUT2D eigenvalue weighted by Crippen LogP contribution is 2.56. The minimum absolute atomic E-state index is 0.116. The van der Waals surface area contributed by atoms with Crippen LogP contribution in [0.3, 0.4) is 0 Å². The summed E-state index contributed by atoms with van der Waals surface area (Å²) in [7, 11) is 0. The molecule has 3 aromatic carbocycles. The highest BCUT2D eigenvalue weighted by atomic mass is 19.1. The molecule has 3 aromatic rings. The Morgan fingerprint density at radius 3 is 2.43 bits per heavy atom. The molecule has 1 heterocycles. The molecule has 0 aliphatic carbocycles. The molecule has 0 radical (unpaired) electrons. The van der Waals surface area contributed by atoms with Crippen LogP contribution >= 0.6 is 0 Å². The molecule has 0 bridgehead atoms. The van der Waals surface area contributed by atoms with Gasteiger partial charge in [0.25, 0.3) is 0 Å². The molecule has 0 spiro atoms. The van der Waals surface area contributed by atoms with Gasteiger partial charge in [-0.2, -0.15) is 0 Å².